The van der Waals surface area contributed by atoms with Crippen LogP contribution >= 0.6 is 0 Å². The number of esters is 4. The highest BCUT2D eigenvalue weighted by Gasteiger charge is 2.69. The third-order valence-electron chi connectivity index (χ3n) is 9.79. The highest BCUT2D eigenvalue weighted by atomic mass is 16.6. The van der Waals surface area contributed by atoms with Gasteiger partial charge in [-0.3, -0.25) is 19.2 Å². The second kappa shape index (κ2) is 9.49. The summed E-state index contributed by atoms with van der Waals surface area (Å²) in [6, 6.07) is 0. The molecular formula is C28H40O8. The maximum Gasteiger partial charge on any atom is 0.302 e. The zero-order valence-electron chi connectivity index (χ0n) is 22.4. The molecule has 0 N–H and O–H groups in total. The minimum Gasteiger partial charge on any atom is -0.465 e. The summed E-state index contributed by atoms with van der Waals surface area (Å²) in [6.45, 7) is 10.5. The first-order valence-corrected chi connectivity index (χ1v) is 13.1. The molecule has 2 bridgehead atoms. The molecule has 3 fully saturated rings. The van der Waals surface area contributed by atoms with E-state index in [0.29, 0.717) is 18.8 Å². The van der Waals surface area contributed by atoms with Crippen molar-refractivity contribution in [2.45, 2.75) is 92.3 Å². The molecule has 36 heavy (non-hydrogen) atoms. The van der Waals surface area contributed by atoms with E-state index in [1.165, 1.54) is 27.7 Å². The quantitative estimate of drug-likeness (QED) is 0.302. The summed E-state index contributed by atoms with van der Waals surface area (Å²) in [7, 11) is 0. The van der Waals surface area contributed by atoms with Gasteiger partial charge in [0.2, 0.25) is 0 Å². The second-order valence-electron chi connectivity index (χ2n) is 12.0. The van der Waals surface area contributed by atoms with Crippen LogP contribution in [-0.4, -0.2) is 49.3 Å². The largest absolute Gasteiger partial charge is 0.465 e. The van der Waals surface area contributed by atoms with Crippen LogP contribution in [-0.2, 0) is 38.1 Å². The number of rotatable bonds is 6. The summed E-state index contributed by atoms with van der Waals surface area (Å²) in [6.07, 6.45) is 6.49. The predicted molar refractivity (Wildman–Crippen MR) is 129 cm³/mol. The van der Waals surface area contributed by atoms with Crippen molar-refractivity contribution in [1.82, 2.24) is 0 Å². The van der Waals surface area contributed by atoms with Crippen LogP contribution in [0.15, 0.2) is 11.6 Å². The highest BCUT2D eigenvalue weighted by Crippen LogP contribution is 2.71. The molecule has 4 aliphatic carbocycles. The lowest BCUT2D eigenvalue weighted by Crippen LogP contribution is -2.65. The van der Waals surface area contributed by atoms with E-state index in [1.54, 1.807) is 0 Å². The molecule has 8 atom stereocenters. The molecule has 8 unspecified atom stereocenters. The van der Waals surface area contributed by atoms with Gasteiger partial charge in [0, 0.05) is 38.5 Å². The average molecular weight is 505 g/mol. The van der Waals surface area contributed by atoms with Crippen molar-refractivity contribution in [3.8, 4) is 0 Å². The molecule has 0 heterocycles. The van der Waals surface area contributed by atoms with Crippen molar-refractivity contribution >= 4 is 23.9 Å². The molecule has 0 saturated heterocycles. The van der Waals surface area contributed by atoms with Crippen LogP contribution in [0.3, 0.4) is 0 Å². The van der Waals surface area contributed by atoms with E-state index >= 15 is 0 Å². The Morgan fingerprint density at radius 2 is 1.47 bits per heavy atom. The van der Waals surface area contributed by atoms with Crippen molar-refractivity contribution in [3.05, 3.63) is 11.6 Å². The SMILES string of the molecule is CC(=O)OCC1=CC23CC1CCC2C1(C)CCC(OC(C)=O)C(C)(COC(C)=O)C1CC3OC(C)=O. The molecule has 8 heteroatoms. The zero-order chi connectivity index (χ0) is 26.5. The molecule has 3 saturated carbocycles. The Balaban J connectivity index is 1.77. The van der Waals surface area contributed by atoms with Crippen LogP contribution < -0.4 is 0 Å². The monoisotopic (exact) mass is 504 g/mol. The Morgan fingerprint density at radius 3 is 2.08 bits per heavy atom. The number of hydrogen-bond donors (Lipinski definition) is 0. The van der Waals surface area contributed by atoms with Gasteiger partial charge in [-0.05, 0) is 67.3 Å². The third-order valence-corrected chi connectivity index (χ3v) is 9.79. The van der Waals surface area contributed by atoms with Crippen LogP contribution in [0, 0.1) is 34.0 Å². The lowest BCUT2D eigenvalue weighted by molar-refractivity contribution is -0.236. The van der Waals surface area contributed by atoms with Gasteiger partial charge in [-0.2, -0.15) is 0 Å². The Morgan fingerprint density at radius 1 is 0.833 bits per heavy atom. The van der Waals surface area contributed by atoms with Crippen molar-refractivity contribution in [2.24, 2.45) is 34.0 Å². The number of fused-ring (bicyclic) bond motifs is 3. The Labute approximate surface area is 213 Å². The lowest BCUT2D eigenvalue weighted by atomic mass is 9.40. The van der Waals surface area contributed by atoms with Crippen molar-refractivity contribution in [2.75, 3.05) is 13.2 Å². The normalized spacial score (nSPS) is 40.7. The molecular weight excluding hydrogens is 464 g/mol. The van der Waals surface area contributed by atoms with Crippen molar-refractivity contribution in [1.29, 1.82) is 0 Å². The zero-order valence-corrected chi connectivity index (χ0v) is 22.4. The molecule has 0 aromatic heterocycles. The first kappa shape index (κ1) is 26.7. The standard InChI is InChI=1S/C28H40O8/c1-16(29)33-14-21-13-28-12-20(21)7-8-22(28)26(5)10-9-24(35-18(3)31)27(6,15-34-17(2)30)23(26)11-25(28)36-19(4)32/h13,20,22-25H,7-12,14-15H2,1-6H3. The van der Waals surface area contributed by atoms with E-state index < -0.39 is 11.5 Å². The van der Waals surface area contributed by atoms with E-state index in [2.05, 4.69) is 19.9 Å². The molecule has 0 aromatic rings. The molecule has 8 nitrogen and oxygen atoms in total. The number of hydrogen-bond acceptors (Lipinski definition) is 8. The fraction of sp³-hybridized carbons (Fsp3) is 0.786. The first-order chi connectivity index (χ1) is 16.8. The van der Waals surface area contributed by atoms with E-state index in [1.807, 2.05) is 0 Å². The van der Waals surface area contributed by atoms with Crippen molar-refractivity contribution in [3.63, 3.8) is 0 Å². The summed E-state index contributed by atoms with van der Waals surface area (Å²) in [5, 5.41) is 0. The van der Waals surface area contributed by atoms with Crippen LogP contribution in [0.5, 0.6) is 0 Å². The summed E-state index contributed by atoms with van der Waals surface area (Å²) >= 11 is 0. The van der Waals surface area contributed by atoms with Crippen LogP contribution in [0.25, 0.3) is 0 Å². The topological polar surface area (TPSA) is 105 Å². The minimum absolute atomic E-state index is 0.00453. The number of carbonyl (C=O) groups is 4. The Bertz CT molecular complexity index is 971. The highest BCUT2D eigenvalue weighted by molar-refractivity contribution is 5.67. The fourth-order valence-electron chi connectivity index (χ4n) is 8.50. The maximum absolute atomic E-state index is 12.3. The maximum atomic E-state index is 12.3. The number of ether oxygens (including phenoxy) is 4. The van der Waals surface area contributed by atoms with E-state index in [-0.39, 0.29) is 65.9 Å². The fourth-order valence-corrected chi connectivity index (χ4v) is 8.50. The van der Waals surface area contributed by atoms with Gasteiger partial charge < -0.3 is 18.9 Å². The minimum atomic E-state index is -0.621. The van der Waals surface area contributed by atoms with E-state index in [9.17, 15) is 19.2 Å². The van der Waals surface area contributed by atoms with Gasteiger partial charge in [0.05, 0.1) is 0 Å². The molecule has 0 radical (unpaired) electrons. The Hall–Kier alpha value is -2.38. The first-order valence-electron chi connectivity index (χ1n) is 13.1. The van der Waals surface area contributed by atoms with Gasteiger partial charge >= 0.3 is 23.9 Å². The average Bonchev–Trinajstić information content (AvgIpc) is 3.05. The van der Waals surface area contributed by atoms with Gasteiger partial charge in [-0.1, -0.05) is 19.9 Å². The third kappa shape index (κ3) is 4.45. The molecule has 0 aromatic carbocycles. The molecule has 200 valence electrons. The van der Waals surface area contributed by atoms with Gasteiger partial charge in [-0.15, -0.1) is 0 Å². The van der Waals surface area contributed by atoms with Crippen molar-refractivity contribution < 1.29 is 38.1 Å². The summed E-state index contributed by atoms with van der Waals surface area (Å²) in [5.41, 5.74) is 0.0412. The van der Waals surface area contributed by atoms with E-state index in [0.717, 1.165) is 31.3 Å². The van der Waals surface area contributed by atoms with Crippen LogP contribution in [0.2, 0.25) is 0 Å². The molecule has 4 aliphatic rings. The van der Waals surface area contributed by atoms with Gasteiger partial charge in [0.1, 0.15) is 25.4 Å². The number of carbonyl (C=O) groups excluding carboxylic acids is 4. The molecule has 4 rings (SSSR count). The lowest BCUT2D eigenvalue weighted by Gasteiger charge is -2.66. The van der Waals surface area contributed by atoms with Crippen LogP contribution in [0.4, 0.5) is 0 Å². The smallest absolute Gasteiger partial charge is 0.302 e. The summed E-state index contributed by atoms with van der Waals surface area (Å²) < 4.78 is 22.9. The molecule has 1 spiro atoms. The second-order valence-corrected chi connectivity index (χ2v) is 12.0. The van der Waals surface area contributed by atoms with E-state index in [4.69, 9.17) is 18.9 Å². The molecule has 0 amide bonds. The predicted octanol–water partition coefficient (Wildman–Crippen LogP) is 4.15. The van der Waals surface area contributed by atoms with Gasteiger partial charge in [-0.25, -0.2) is 0 Å². The summed E-state index contributed by atoms with van der Waals surface area (Å²) in [5.74, 6) is -0.806. The van der Waals surface area contributed by atoms with Gasteiger partial charge in [0.15, 0.2) is 0 Å². The summed E-state index contributed by atoms with van der Waals surface area (Å²) in [4.78, 5) is 47.7. The van der Waals surface area contributed by atoms with Crippen LogP contribution in [0.1, 0.15) is 80.1 Å². The molecule has 0 aliphatic heterocycles. The Kier molecular flexibility index (Phi) is 7.03. The van der Waals surface area contributed by atoms with Gasteiger partial charge in [0.25, 0.3) is 0 Å².